The molecule has 0 spiro atoms. The van der Waals surface area contributed by atoms with Crippen molar-refractivity contribution in [3.05, 3.63) is 47.3 Å². The Kier molecular flexibility index (Phi) is 5.40. The summed E-state index contributed by atoms with van der Waals surface area (Å²) in [7, 11) is 0. The van der Waals surface area contributed by atoms with Gasteiger partial charge in [-0.3, -0.25) is 9.59 Å². The Hall–Kier alpha value is -2.63. The molecule has 0 radical (unpaired) electrons. The molecule has 1 aromatic heterocycles. The van der Waals surface area contributed by atoms with Crippen LogP contribution in [0.2, 0.25) is 0 Å². The number of carbonyl (C=O) groups excluding carboxylic acids is 1. The fourth-order valence-corrected chi connectivity index (χ4v) is 3.66. The van der Waals surface area contributed by atoms with Crippen LogP contribution in [-0.4, -0.2) is 44.3 Å². The summed E-state index contributed by atoms with van der Waals surface area (Å²) < 4.78 is 1.86. The molecule has 1 fully saturated rings. The van der Waals surface area contributed by atoms with Gasteiger partial charge in [0, 0.05) is 30.3 Å². The summed E-state index contributed by atoms with van der Waals surface area (Å²) >= 11 is 0. The van der Waals surface area contributed by atoms with Crippen molar-refractivity contribution in [2.45, 2.75) is 52.0 Å². The second-order valence-corrected chi connectivity index (χ2v) is 6.97. The maximum atomic E-state index is 12.9. The third-order valence-electron chi connectivity index (χ3n) is 4.95. The molecule has 0 saturated carbocycles. The normalized spacial score (nSPS) is 17.3. The standard InChI is InChI=1S/C20H25N3O3/c1-14-13-15(2)23(21-14)18-8-6-16(7-9-18)20(26)22-12-4-3-5-17(22)10-11-19(24)25/h6-9,13,17H,3-5,10-12H2,1-2H3,(H,24,25). The fraction of sp³-hybridized carbons (Fsp3) is 0.450. The average Bonchev–Trinajstić information content (AvgIpc) is 2.98. The predicted octanol–water partition coefficient (Wildman–Crippen LogP) is 3.35. The summed E-state index contributed by atoms with van der Waals surface area (Å²) in [5.74, 6) is -0.822. The number of aliphatic carboxylic acids is 1. The molecule has 0 aliphatic carbocycles. The Bertz CT molecular complexity index is 795. The molecule has 26 heavy (non-hydrogen) atoms. The van der Waals surface area contributed by atoms with E-state index in [0.717, 1.165) is 36.3 Å². The number of aryl methyl sites for hydroxylation is 2. The zero-order chi connectivity index (χ0) is 18.7. The van der Waals surface area contributed by atoms with Crippen molar-refractivity contribution in [2.24, 2.45) is 0 Å². The first-order valence-electron chi connectivity index (χ1n) is 9.12. The Morgan fingerprint density at radius 1 is 1.19 bits per heavy atom. The number of benzene rings is 1. The second-order valence-electron chi connectivity index (χ2n) is 6.97. The van der Waals surface area contributed by atoms with E-state index in [9.17, 15) is 9.59 Å². The molecule has 0 bridgehead atoms. The van der Waals surface area contributed by atoms with Gasteiger partial charge in [-0.2, -0.15) is 5.10 Å². The number of carboxylic acids is 1. The molecule has 2 aromatic rings. The van der Waals surface area contributed by atoms with E-state index in [4.69, 9.17) is 5.11 Å². The van der Waals surface area contributed by atoms with E-state index in [1.165, 1.54) is 0 Å². The van der Waals surface area contributed by atoms with Crippen LogP contribution in [0.5, 0.6) is 0 Å². The Balaban J connectivity index is 1.76. The van der Waals surface area contributed by atoms with Crippen LogP contribution < -0.4 is 0 Å². The van der Waals surface area contributed by atoms with Crippen LogP contribution >= 0.6 is 0 Å². The summed E-state index contributed by atoms with van der Waals surface area (Å²) in [6.45, 7) is 4.65. The SMILES string of the molecule is Cc1cc(C)n(-c2ccc(C(=O)N3CCCCC3CCC(=O)O)cc2)n1. The first-order chi connectivity index (χ1) is 12.5. The van der Waals surface area contributed by atoms with Crippen molar-refractivity contribution >= 4 is 11.9 Å². The van der Waals surface area contributed by atoms with Crippen LogP contribution in [-0.2, 0) is 4.79 Å². The third kappa shape index (κ3) is 3.95. The number of aromatic nitrogens is 2. The third-order valence-corrected chi connectivity index (χ3v) is 4.95. The van der Waals surface area contributed by atoms with Crippen molar-refractivity contribution < 1.29 is 14.7 Å². The van der Waals surface area contributed by atoms with Gasteiger partial charge in [0.2, 0.25) is 0 Å². The minimum absolute atomic E-state index is 0.0139. The summed E-state index contributed by atoms with van der Waals surface area (Å²) in [5.41, 5.74) is 3.56. The van der Waals surface area contributed by atoms with E-state index in [2.05, 4.69) is 5.10 Å². The van der Waals surface area contributed by atoms with E-state index < -0.39 is 5.97 Å². The van der Waals surface area contributed by atoms with Gasteiger partial charge in [0.25, 0.3) is 5.91 Å². The minimum Gasteiger partial charge on any atom is -0.481 e. The quantitative estimate of drug-likeness (QED) is 0.892. The first-order valence-corrected chi connectivity index (χ1v) is 9.12. The topological polar surface area (TPSA) is 75.4 Å². The molecular weight excluding hydrogens is 330 g/mol. The van der Waals surface area contributed by atoms with Gasteiger partial charge in [0.05, 0.1) is 11.4 Å². The maximum absolute atomic E-state index is 12.9. The smallest absolute Gasteiger partial charge is 0.303 e. The van der Waals surface area contributed by atoms with E-state index >= 15 is 0 Å². The van der Waals surface area contributed by atoms with Gasteiger partial charge in [-0.15, -0.1) is 0 Å². The minimum atomic E-state index is -0.808. The number of amides is 1. The lowest BCUT2D eigenvalue weighted by Crippen LogP contribution is -2.44. The van der Waals surface area contributed by atoms with Gasteiger partial charge < -0.3 is 10.0 Å². The summed E-state index contributed by atoms with van der Waals surface area (Å²) in [6, 6.07) is 9.50. The molecule has 138 valence electrons. The highest BCUT2D eigenvalue weighted by molar-refractivity contribution is 5.94. The van der Waals surface area contributed by atoms with Crippen molar-refractivity contribution in [2.75, 3.05) is 6.54 Å². The van der Waals surface area contributed by atoms with Gasteiger partial charge in [0.1, 0.15) is 0 Å². The average molecular weight is 355 g/mol. The molecular formula is C20H25N3O3. The number of likely N-dealkylation sites (tertiary alicyclic amines) is 1. The van der Waals surface area contributed by atoms with Crippen LogP contribution in [0.1, 0.15) is 53.8 Å². The number of nitrogens with zero attached hydrogens (tertiary/aromatic N) is 3. The molecule has 1 atom stereocenters. The summed E-state index contributed by atoms with van der Waals surface area (Å²) in [6.07, 6.45) is 3.52. The maximum Gasteiger partial charge on any atom is 0.303 e. The Morgan fingerprint density at radius 3 is 2.54 bits per heavy atom. The van der Waals surface area contributed by atoms with Crippen molar-refractivity contribution in [3.8, 4) is 5.69 Å². The van der Waals surface area contributed by atoms with E-state index in [1.54, 1.807) is 0 Å². The molecule has 2 heterocycles. The van der Waals surface area contributed by atoms with Gasteiger partial charge in [-0.05, 0) is 69.9 Å². The van der Waals surface area contributed by atoms with Gasteiger partial charge in [-0.1, -0.05) is 0 Å². The number of rotatable bonds is 5. The Labute approximate surface area is 153 Å². The summed E-state index contributed by atoms with van der Waals surface area (Å²) in [4.78, 5) is 25.7. The Morgan fingerprint density at radius 2 is 1.92 bits per heavy atom. The van der Waals surface area contributed by atoms with Crippen LogP contribution in [0, 0.1) is 13.8 Å². The molecule has 3 rings (SSSR count). The molecule has 1 aromatic carbocycles. The highest BCUT2D eigenvalue weighted by atomic mass is 16.4. The molecule has 6 heteroatoms. The highest BCUT2D eigenvalue weighted by Crippen LogP contribution is 2.23. The van der Waals surface area contributed by atoms with Gasteiger partial charge >= 0.3 is 5.97 Å². The van der Waals surface area contributed by atoms with Crippen molar-refractivity contribution in [1.29, 1.82) is 0 Å². The van der Waals surface area contributed by atoms with E-state index in [0.29, 0.717) is 18.5 Å². The predicted molar refractivity (Wildman–Crippen MR) is 98.6 cm³/mol. The lowest BCUT2D eigenvalue weighted by atomic mass is 9.97. The molecule has 1 unspecified atom stereocenters. The number of hydrogen-bond donors (Lipinski definition) is 1. The van der Waals surface area contributed by atoms with Crippen molar-refractivity contribution in [1.82, 2.24) is 14.7 Å². The first kappa shape index (κ1) is 18.2. The highest BCUT2D eigenvalue weighted by Gasteiger charge is 2.27. The van der Waals surface area contributed by atoms with Crippen LogP contribution in [0.25, 0.3) is 5.69 Å². The number of hydrogen-bond acceptors (Lipinski definition) is 3. The lowest BCUT2D eigenvalue weighted by Gasteiger charge is -2.35. The van der Waals surface area contributed by atoms with E-state index in [-0.39, 0.29) is 18.4 Å². The van der Waals surface area contributed by atoms with Crippen LogP contribution in [0.15, 0.2) is 30.3 Å². The monoisotopic (exact) mass is 355 g/mol. The number of piperidine rings is 1. The molecule has 6 nitrogen and oxygen atoms in total. The number of carbonyl (C=O) groups is 2. The summed E-state index contributed by atoms with van der Waals surface area (Å²) in [5, 5.41) is 13.4. The largest absolute Gasteiger partial charge is 0.481 e. The number of carboxylic acid groups (broad SMARTS) is 1. The van der Waals surface area contributed by atoms with Gasteiger partial charge in [-0.25, -0.2) is 4.68 Å². The molecule has 1 aliphatic rings. The molecule has 1 amide bonds. The van der Waals surface area contributed by atoms with Crippen molar-refractivity contribution in [3.63, 3.8) is 0 Å². The zero-order valence-electron chi connectivity index (χ0n) is 15.3. The molecule has 1 N–H and O–H groups in total. The van der Waals surface area contributed by atoms with Crippen LogP contribution in [0.4, 0.5) is 0 Å². The van der Waals surface area contributed by atoms with Crippen LogP contribution in [0.3, 0.4) is 0 Å². The lowest BCUT2D eigenvalue weighted by molar-refractivity contribution is -0.137. The fourth-order valence-electron chi connectivity index (χ4n) is 3.66. The van der Waals surface area contributed by atoms with E-state index in [1.807, 2.05) is 53.8 Å². The second kappa shape index (κ2) is 7.72. The van der Waals surface area contributed by atoms with Gasteiger partial charge in [0.15, 0.2) is 0 Å². The molecule has 1 aliphatic heterocycles. The molecule has 1 saturated heterocycles. The zero-order valence-corrected chi connectivity index (χ0v) is 15.3.